The highest BCUT2D eigenvalue weighted by Crippen LogP contribution is 2.19. The van der Waals surface area contributed by atoms with Crippen molar-refractivity contribution in [2.75, 3.05) is 25.6 Å². The van der Waals surface area contributed by atoms with Crippen molar-refractivity contribution >= 4 is 23.5 Å². The van der Waals surface area contributed by atoms with Crippen molar-refractivity contribution in [3.63, 3.8) is 0 Å². The molecule has 0 saturated carbocycles. The highest BCUT2D eigenvalue weighted by molar-refractivity contribution is 5.94. The van der Waals surface area contributed by atoms with Crippen molar-refractivity contribution < 1.29 is 37.0 Å². The quantitative estimate of drug-likeness (QED) is 0.552. The largest absolute Gasteiger partial charge is 0.484 e. The first kappa shape index (κ1) is 20.7. The monoisotopic (exact) mass is 396 g/mol. The number of halogens is 3. The molecule has 2 aromatic rings. The van der Waals surface area contributed by atoms with Crippen LogP contribution in [0, 0.1) is 17.5 Å². The number of anilines is 1. The molecule has 2 aromatic carbocycles. The second-order valence-corrected chi connectivity index (χ2v) is 5.36. The molecule has 0 atom stereocenters. The first-order valence-corrected chi connectivity index (χ1v) is 7.83. The van der Waals surface area contributed by atoms with E-state index in [1.54, 1.807) is 0 Å². The van der Waals surface area contributed by atoms with Crippen LogP contribution in [-0.4, -0.2) is 38.0 Å². The molecule has 0 saturated heterocycles. The van der Waals surface area contributed by atoms with Crippen molar-refractivity contribution in [3.05, 3.63) is 59.4 Å². The number of esters is 1. The maximum atomic E-state index is 13.5. The molecule has 2 amide bonds. The van der Waals surface area contributed by atoms with Gasteiger partial charge >= 0.3 is 5.97 Å². The predicted octanol–water partition coefficient (Wildman–Crippen LogP) is 2.02. The van der Waals surface area contributed by atoms with E-state index in [1.165, 1.54) is 31.4 Å². The van der Waals surface area contributed by atoms with Crippen LogP contribution in [0.2, 0.25) is 0 Å². The third kappa shape index (κ3) is 5.47. The van der Waals surface area contributed by atoms with E-state index in [4.69, 9.17) is 4.74 Å². The van der Waals surface area contributed by atoms with Gasteiger partial charge in [-0.15, -0.1) is 0 Å². The van der Waals surface area contributed by atoms with Crippen LogP contribution in [0.15, 0.2) is 36.4 Å². The van der Waals surface area contributed by atoms with E-state index in [9.17, 15) is 27.6 Å². The average Bonchev–Trinajstić information content (AvgIpc) is 2.70. The molecule has 0 aliphatic heterocycles. The molecule has 0 spiro atoms. The minimum absolute atomic E-state index is 0.228. The number of ether oxygens (including phenoxy) is 2. The number of carbonyl (C=O) groups excluding carboxylic acids is 3. The second-order valence-electron chi connectivity index (χ2n) is 5.36. The summed E-state index contributed by atoms with van der Waals surface area (Å²) in [5.41, 5.74) is -0.331. The second kappa shape index (κ2) is 9.40. The minimum Gasteiger partial charge on any atom is -0.484 e. The first-order valence-electron chi connectivity index (χ1n) is 7.83. The fourth-order valence-electron chi connectivity index (χ4n) is 2.03. The van der Waals surface area contributed by atoms with E-state index in [0.29, 0.717) is 6.07 Å². The van der Waals surface area contributed by atoms with Crippen LogP contribution >= 0.6 is 0 Å². The molecule has 0 aromatic heterocycles. The lowest BCUT2D eigenvalue weighted by Gasteiger charge is -2.10. The Morgan fingerprint density at radius 1 is 1.00 bits per heavy atom. The van der Waals surface area contributed by atoms with E-state index in [-0.39, 0.29) is 11.3 Å². The maximum Gasteiger partial charge on any atom is 0.337 e. The van der Waals surface area contributed by atoms with Crippen molar-refractivity contribution in [2.45, 2.75) is 0 Å². The number of hydrogen-bond acceptors (Lipinski definition) is 5. The molecular weight excluding hydrogens is 381 g/mol. The summed E-state index contributed by atoms with van der Waals surface area (Å²) >= 11 is 0. The standard InChI is InChI=1S/C18H15F3N2O5/c1-27-18(26)10-3-2-4-11(7-10)28-9-15(25)22-8-14(24)23-13-6-5-12(19)16(20)17(13)21/h2-7H,8-9H2,1H3,(H,22,25)(H,23,24). The van der Waals surface area contributed by atoms with Gasteiger partial charge in [-0.2, -0.15) is 0 Å². The number of rotatable bonds is 7. The SMILES string of the molecule is COC(=O)c1cccc(OCC(=O)NCC(=O)Nc2ccc(F)c(F)c2F)c1. The predicted molar refractivity (Wildman–Crippen MR) is 91.2 cm³/mol. The number of carbonyl (C=O) groups is 3. The molecule has 7 nitrogen and oxygen atoms in total. The van der Waals surface area contributed by atoms with Gasteiger partial charge in [0.15, 0.2) is 24.1 Å². The zero-order valence-electron chi connectivity index (χ0n) is 14.6. The van der Waals surface area contributed by atoms with E-state index in [2.05, 4.69) is 10.1 Å². The Bertz CT molecular complexity index is 905. The van der Waals surface area contributed by atoms with E-state index < -0.39 is 54.1 Å². The Hall–Kier alpha value is -3.56. The average molecular weight is 396 g/mol. The molecule has 0 bridgehead atoms. The third-order valence-corrected chi connectivity index (χ3v) is 3.38. The number of methoxy groups -OCH3 is 1. The lowest BCUT2D eigenvalue weighted by molar-refractivity contribution is -0.125. The van der Waals surface area contributed by atoms with Gasteiger partial charge in [-0.1, -0.05) is 6.07 Å². The number of amides is 2. The summed E-state index contributed by atoms with van der Waals surface area (Å²) in [6.45, 7) is -1.01. The lowest BCUT2D eigenvalue weighted by atomic mass is 10.2. The summed E-state index contributed by atoms with van der Waals surface area (Å²) in [5, 5.41) is 4.22. The molecule has 0 radical (unpaired) electrons. The van der Waals surface area contributed by atoms with Crippen molar-refractivity contribution in [2.24, 2.45) is 0 Å². The highest BCUT2D eigenvalue weighted by Gasteiger charge is 2.15. The molecule has 0 fully saturated rings. The third-order valence-electron chi connectivity index (χ3n) is 3.38. The van der Waals surface area contributed by atoms with Gasteiger partial charge in [0, 0.05) is 0 Å². The lowest BCUT2D eigenvalue weighted by Crippen LogP contribution is -2.36. The first-order chi connectivity index (χ1) is 13.3. The van der Waals surface area contributed by atoms with Crippen molar-refractivity contribution in [3.8, 4) is 5.75 Å². The van der Waals surface area contributed by atoms with Gasteiger partial charge in [-0.25, -0.2) is 18.0 Å². The Balaban J connectivity index is 1.82. The number of hydrogen-bond donors (Lipinski definition) is 2. The van der Waals surface area contributed by atoms with Gasteiger partial charge in [0.05, 0.1) is 24.9 Å². The molecule has 28 heavy (non-hydrogen) atoms. The van der Waals surface area contributed by atoms with Gasteiger partial charge in [-0.05, 0) is 30.3 Å². The van der Waals surface area contributed by atoms with E-state index >= 15 is 0 Å². The summed E-state index contributed by atoms with van der Waals surface area (Å²) in [6, 6.07) is 7.42. The Labute approximate surface area is 157 Å². The van der Waals surface area contributed by atoms with E-state index in [0.717, 1.165) is 6.07 Å². The Kier molecular flexibility index (Phi) is 6.96. The van der Waals surface area contributed by atoms with Crippen LogP contribution < -0.4 is 15.4 Å². The van der Waals surface area contributed by atoms with Gasteiger partial charge in [-0.3, -0.25) is 9.59 Å². The van der Waals surface area contributed by atoms with Crippen LogP contribution in [0.1, 0.15) is 10.4 Å². The van der Waals surface area contributed by atoms with Gasteiger partial charge < -0.3 is 20.1 Å². The zero-order valence-corrected chi connectivity index (χ0v) is 14.6. The topological polar surface area (TPSA) is 93.7 Å². The molecule has 2 N–H and O–H groups in total. The molecule has 2 rings (SSSR count). The molecule has 0 aliphatic carbocycles. The van der Waals surface area contributed by atoms with Crippen molar-refractivity contribution in [1.29, 1.82) is 0 Å². The van der Waals surface area contributed by atoms with Crippen LogP contribution in [0.25, 0.3) is 0 Å². The van der Waals surface area contributed by atoms with Crippen LogP contribution in [0.3, 0.4) is 0 Å². The summed E-state index contributed by atoms with van der Waals surface area (Å²) in [6.07, 6.45) is 0. The maximum absolute atomic E-state index is 13.5. The van der Waals surface area contributed by atoms with E-state index in [1.807, 2.05) is 5.32 Å². The summed E-state index contributed by atoms with van der Waals surface area (Å²) in [7, 11) is 1.22. The van der Waals surface area contributed by atoms with Gasteiger partial charge in [0.25, 0.3) is 5.91 Å². The van der Waals surface area contributed by atoms with Crippen LogP contribution in [0.4, 0.5) is 18.9 Å². The molecular formula is C18H15F3N2O5. The summed E-state index contributed by atoms with van der Waals surface area (Å²) < 4.78 is 49.2. The normalized spacial score (nSPS) is 10.1. The molecule has 0 unspecified atom stereocenters. The zero-order chi connectivity index (χ0) is 20.7. The van der Waals surface area contributed by atoms with Crippen LogP contribution in [0.5, 0.6) is 5.75 Å². The Morgan fingerprint density at radius 2 is 1.75 bits per heavy atom. The van der Waals surface area contributed by atoms with Gasteiger partial charge in [0.1, 0.15) is 5.75 Å². The number of benzene rings is 2. The molecule has 148 valence electrons. The van der Waals surface area contributed by atoms with Crippen molar-refractivity contribution in [1.82, 2.24) is 5.32 Å². The Morgan fingerprint density at radius 3 is 2.46 bits per heavy atom. The molecule has 0 heterocycles. The molecule has 10 heteroatoms. The fraction of sp³-hybridized carbons (Fsp3) is 0.167. The smallest absolute Gasteiger partial charge is 0.337 e. The molecule has 0 aliphatic rings. The summed E-state index contributed by atoms with van der Waals surface area (Å²) in [4.78, 5) is 34.8. The highest BCUT2D eigenvalue weighted by atomic mass is 19.2. The number of nitrogens with one attached hydrogen (secondary N) is 2. The fourth-order valence-corrected chi connectivity index (χ4v) is 2.03. The summed E-state index contributed by atoms with van der Waals surface area (Å²) in [5.74, 6) is -6.53. The van der Waals surface area contributed by atoms with Crippen LogP contribution in [-0.2, 0) is 14.3 Å². The minimum atomic E-state index is -1.72. The van der Waals surface area contributed by atoms with Gasteiger partial charge in [0.2, 0.25) is 5.91 Å².